The summed E-state index contributed by atoms with van der Waals surface area (Å²) in [5, 5.41) is 3.92. The van der Waals surface area contributed by atoms with Crippen molar-refractivity contribution in [1.29, 1.82) is 0 Å². The van der Waals surface area contributed by atoms with E-state index in [-0.39, 0.29) is 18.4 Å². The zero-order chi connectivity index (χ0) is 11.5. The maximum atomic E-state index is 12.2. The fourth-order valence-electron chi connectivity index (χ4n) is 2.39. The first kappa shape index (κ1) is 15.1. The smallest absolute Gasteiger partial charge is 0.239 e. The van der Waals surface area contributed by atoms with Crippen LogP contribution >= 0.6 is 24.2 Å². The minimum absolute atomic E-state index is 0. The summed E-state index contributed by atoms with van der Waals surface area (Å²) in [6.07, 6.45) is 2.17. The number of carbonyl (C=O) groups is 1. The molecule has 0 saturated carbocycles. The molecule has 2 heterocycles. The molecule has 2 atom stereocenters. The van der Waals surface area contributed by atoms with Gasteiger partial charge in [-0.2, -0.15) is 11.8 Å². The van der Waals surface area contributed by atoms with Gasteiger partial charge in [0.15, 0.2) is 0 Å². The van der Waals surface area contributed by atoms with Gasteiger partial charge in [-0.1, -0.05) is 13.8 Å². The predicted octanol–water partition coefficient (Wildman–Crippen LogP) is 1.76. The Kier molecular flexibility index (Phi) is 6.10. The van der Waals surface area contributed by atoms with E-state index in [4.69, 9.17) is 0 Å². The Hall–Kier alpha value is 0.0700. The summed E-state index contributed by atoms with van der Waals surface area (Å²) in [5.41, 5.74) is 0. The Labute approximate surface area is 114 Å². The number of rotatable bonds is 2. The van der Waals surface area contributed by atoms with Crippen molar-refractivity contribution < 1.29 is 4.79 Å². The first-order valence-electron chi connectivity index (χ1n) is 6.32. The van der Waals surface area contributed by atoms with Crippen molar-refractivity contribution in [2.45, 2.75) is 38.0 Å². The average molecular weight is 279 g/mol. The number of nitrogens with one attached hydrogen (secondary N) is 1. The van der Waals surface area contributed by atoms with Gasteiger partial charge in [-0.3, -0.25) is 4.79 Å². The Balaban J connectivity index is 0.00000144. The number of nitrogens with zero attached hydrogens (tertiary/aromatic N) is 1. The van der Waals surface area contributed by atoms with Crippen molar-refractivity contribution in [3.05, 3.63) is 0 Å². The molecule has 17 heavy (non-hydrogen) atoms. The fraction of sp³-hybridized carbons (Fsp3) is 0.917. The molecule has 0 bridgehead atoms. The van der Waals surface area contributed by atoms with Gasteiger partial charge in [0.05, 0.1) is 6.04 Å². The van der Waals surface area contributed by atoms with Gasteiger partial charge in [0.25, 0.3) is 0 Å². The summed E-state index contributed by atoms with van der Waals surface area (Å²) in [5.74, 6) is 2.10. The normalized spacial score (nSPS) is 29.2. The van der Waals surface area contributed by atoms with Gasteiger partial charge < -0.3 is 10.2 Å². The molecule has 100 valence electrons. The molecule has 0 aromatic rings. The van der Waals surface area contributed by atoms with E-state index in [9.17, 15) is 4.79 Å². The Morgan fingerprint density at radius 3 is 2.82 bits per heavy atom. The summed E-state index contributed by atoms with van der Waals surface area (Å²) in [4.78, 5) is 14.3. The number of halogens is 1. The van der Waals surface area contributed by atoms with Crippen molar-refractivity contribution in [2.75, 3.05) is 25.4 Å². The predicted molar refractivity (Wildman–Crippen MR) is 75.9 cm³/mol. The molecule has 2 rings (SSSR count). The topological polar surface area (TPSA) is 32.3 Å². The highest BCUT2D eigenvalue weighted by molar-refractivity contribution is 8.00. The Bertz CT molecular complexity index is 257. The molecule has 2 unspecified atom stereocenters. The lowest BCUT2D eigenvalue weighted by molar-refractivity contribution is -0.133. The first-order valence-corrected chi connectivity index (χ1v) is 7.37. The lowest BCUT2D eigenvalue weighted by Gasteiger charge is -2.35. The van der Waals surface area contributed by atoms with Crippen molar-refractivity contribution in [3.63, 3.8) is 0 Å². The summed E-state index contributed by atoms with van der Waals surface area (Å²) < 4.78 is 0. The maximum absolute atomic E-state index is 12.2. The van der Waals surface area contributed by atoms with Crippen LogP contribution in [0.1, 0.15) is 26.7 Å². The van der Waals surface area contributed by atoms with E-state index in [0.29, 0.717) is 17.1 Å². The van der Waals surface area contributed by atoms with Gasteiger partial charge in [-0.15, -0.1) is 12.4 Å². The van der Waals surface area contributed by atoms with Crippen LogP contribution in [0.5, 0.6) is 0 Å². The molecule has 1 N–H and O–H groups in total. The van der Waals surface area contributed by atoms with Gasteiger partial charge in [-0.25, -0.2) is 0 Å². The van der Waals surface area contributed by atoms with Crippen LogP contribution in [0.25, 0.3) is 0 Å². The lowest BCUT2D eigenvalue weighted by Crippen LogP contribution is -2.49. The quantitative estimate of drug-likeness (QED) is 0.835. The Morgan fingerprint density at radius 2 is 2.24 bits per heavy atom. The van der Waals surface area contributed by atoms with E-state index in [1.165, 1.54) is 0 Å². The molecule has 2 aliphatic rings. The molecule has 2 fully saturated rings. The number of amides is 1. The molecule has 0 spiro atoms. The molecule has 0 radical (unpaired) electrons. The van der Waals surface area contributed by atoms with E-state index in [0.717, 1.165) is 38.2 Å². The minimum atomic E-state index is 0. The standard InChI is InChI=1S/C12H22N2OS.ClH/c1-9(2)11-8-14(6-7-16-11)12(15)10-4-3-5-13-10;/h9-11,13H,3-8H2,1-2H3;1H. The van der Waals surface area contributed by atoms with Crippen molar-refractivity contribution in [3.8, 4) is 0 Å². The molecule has 0 aliphatic carbocycles. The minimum Gasteiger partial charge on any atom is -0.339 e. The molecule has 1 amide bonds. The number of carbonyl (C=O) groups excluding carboxylic acids is 1. The van der Waals surface area contributed by atoms with Crippen LogP contribution in [0, 0.1) is 5.92 Å². The van der Waals surface area contributed by atoms with Crippen LogP contribution in [0.2, 0.25) is 0 Å². The molecule has 0 aromatic heterocycles. The van der Waals surface area contributed by atoms with Crippen LogP contribution in [0.15, 0.2) is 0 Å². The van der Waals surface area contributed by atoms with Crippen molar-refractivity contribution >= 4 is 30.1 Å². The second kappa shape index (κ2) is 6.86. The van der Waals surface area contributed by atoms with Gasteiger partial charge in [0.2, 0.25) is 5.91 Å². The van der Waals surface area contributed by atoms with Crippen molar-refractivity contribution in [2.24, 2.45) is 5.92 Å². The monoisotopic (exact) mass is 278 g/mol. The highest BCUT2D eigenvalue weighted by atomic mass is 35.5. The molecule has 3 nitrogen and oxygen atoms in total. The number of thioether (sulfide) groups is 1. The van der Waals surface area contributed by atoms with Crippen LogP contribution in [0.4, 0.5) is 0 Å². The molecular weight excluding hydrogens is 256 g/mol. The van der Waals surface area contributed by atoms with E-state index in [1.54, 1.807) is 0 Å². The second-order valence-electron chi connectivity index (χ2n) is 5.09. The zero-order valence-corrected chi connectivity index (χ0v) is 12.3. The molecule has 5 heteroatoms. The summed E-state index contributed by atoms with van der Waals surface area (Å²) >= 11 is 2.02. The second-order valence-corrected chi connectivity index (χ2v) is 6.43. The lowest BCUT2D eigenvalue weighted by atomic mass is 10.1. The average Bonchev–Trinajstić information content (AvgIpc) is 2.81. The molecule has 2 aliphatic heterocycles. The maximum Gasteiger partial charge on any atom is 0.239 e. The SMILES string of the molecule is CC(C)C1CN(C(=O)C2CCCN2)CCS1.Cl. The van der Waals surface area contributed by atoms with Gasteiger partial charge in [-0.05, 0) is 25.3 Å². The van der Waals surface area contributed by atoms with E-state index < -0.39 is 0 Å². The highest BCUT2D eigenvalue weighted by Crippen LogP contribution is 2.25. The third kappa shape index (κ3) is 3.76. The fourth-order valence-corrected chi connectivity index (χ4v) is 3.69. The number of hydrogen-bond acceptors (Lipinski definition) is 3. The van der Waals surface area contributed by atoms with E-state index in [2.05, 4.69) is 24.1 Å². The van der Waals surface area contributed by atoms with Gasteiger partial charge in [0.1, 0.15) is 0 Å². The summed E-state index contributed by atoms with van der Waals surface area (Å²) in [6, 6.07) is 0.107. The molecule has 2 saturated heterocycles. The van der Waals surface area contributed by atoms with E-state index in [1.807, 2.05) is 11.8 Å². The van der Waals surface area contributed by atoms with Crippen molar-refractivity contribution in [1.82, 2.24) is 10.2 Å². The summed E-state index contributed by atoms with van der Waals surface area (Å²) in [7, 11) is 0. The zero-order valence-electron chi connectivity index (χ0n) is 10.6. The largest absolute Gasteiger partial charge is 0.339 e. The molecular formula is C12H23ClN2OS. The summed E-state index contributed by atoms with van der Waals surface area (Å²) in [6.45, 7) is 7.38. The van der Waals surface area contributed by atoms with E-state index >= 15 is 0 Å². The van der Waals surface area contributed by atoms with Crippen LogP contribution in [-0.4, -0.2) is 47.5 Å². The van der Waals surface area contributed by atoms with Crippen LogP contribution in [0.3, 0.4) is 0 Å². The third-order valence-corrected chi connectivity index (χ3v) is 5.05. The molecule has 0 aromatic carbocycles. The van der Waals surface area contributed by atoms with Crippen LogP contribution < -0.4 is 5.32 Å². The third-order valence-electron chi connectivity index (χ3n) is 3.51. The number of hydrogen-bond donors (Lipinski definition) is 1. The Morgan fingerprint density at radius 1 is 1.47 bits per heavy atom. The van der Waals surface area contributed by atoms with Crippen LogP contribution in [-0.2, 0) is 4.79 Å². The highest BCUT2D eigenvalue weighted by Gasteiger charge is 2.31. The van der Waals surface area contributed by atoms with Gasteiger partial charge in [0, 0.05) is 24.1 Å². The van der Waals surface area contributed by atoms with Gasteiger partial charge >= 0.3 is 0 Å². The first-order chi connectivity index (χ1) is 7.68.